The predicted molar refractivity (Wildman–Crippen MR) is 75.5 cm³/mol. The van der Waals surface area contributed by atoms with Gasteiger partial charge in [-0.2, -0.15) is 0 Å². The molecule has 0 unspecified atom stereocenters. The van der Waals surface area contributed by atoms with Gasteiger partial charge in [-0.15, -0.1) is 0 Å². The number of carboxylic acids is 1. The van der Waals surface area contributed by atoms with Crippen LogP contribution in [-0.2, 0) is 9.59 Å². The number of nitrogens with one attached hydrogen (secondary N) is 1. The second-order valence-electron chi connectivity index (χ2n) is 5.44. The highest BCUT2D eigenvalue weighted by atomic mass is 35.5. The van der Waals surface area contributed by atoms with Crippen molar-refractivity contribution in [1.29, 1.82) is 0 Å². The van der Waals surface area contributed by atoms with Crippen molar-refractivity contribution < 1.29 is 14.7 Å². The minimum atomic E-state index is -0.911. The van der Waals surface area contributed by atoms with Crippen LogP contribution in [0.3, 0.4) is 0 Å². The number of anilines is 1. The van der Waals surface area contributed by atoms with Gasteiger partial charge < -0.3 is 10.4 Å². The van der Waals surface area contributed by atoms with E-state index in [-0.39, 0.29) is 18.7 Å². The van der Waals surface area contributed by atoms with E-state index < -0.39 is 11.4 Å². The lowest BCUT2D eigenvalue weighted by Gasteiger charge is -2.21. The topological polar surface area (TPSA) is 66.4 Å². The Kier molecular flexibility index (Phi) is 4.95. The molecule has 1 rings (SSSR count). The van der Waals surface area contributed by atoms with Crippen LogP contribution in [0.4, 0.5) is 5.69 Å². The molecule has 0 radical (unpaired) electrons. The van der Waals surface area contributed by atoms with Gasteiger partial charge in [-0.3, -0.25) is 9.59 Å². The Morgan fingerprint density at radius 3 is 2.53 bits per heavy atom. The molecule has 104 valence electrons. The Bertz CT molecular complexity index is 497. The zero-order chi connectivity index (χ0) is 14.6. The molecular formula is C14H18ClNO3. The first kappa shape index (κ1) is 15.5. The van der Waals surface area contributed by atoms with Gasteiger partial charge in [0.25, 0.3) is 0 Å². The molecule has 0 aliphatic rings. The molecule has 0 atom stereocenters. The Balaban J connectivity index is 2.70. The van der Waals surface area contributed by atoms with E-state index >= 15 is 0 Å². The zero-order valence-electron chi connectivity index (χ0n) is 11.3. The lowest BCUT2D eigenvalue weighted by atomic mass is 9.85. The van der Waals surface area contributed by atoms with E-state index in [9.17, 15) is 9.59 Å². The van der Waals surface area contributed by atoms with Gasteiger partial charge in [0, 0.05) is 6.42 Å². The van der Waals surface area contributed by atoms with Crippen LogP contribution in [0.2, 0.25) is 5.02 Å². The van der Waals surface area contributed by atoms with Crippen LogP contribution in [0.15, 0.2) is 18.2 Å². The third-order valence-electron chi connectivity index (χ3n) is 2.66. The first-order valence-electron chi connectivity index (χ1n) is 5.97. The largest absolute Gasteiger partial charge is 0.481 e. The van der Waals surface area contributed by atoms with Gasteiger partial charge in [-0.25, -0.2) is 0 Å². The molecule has 0 aromatic heterocycles. The monoisotopic (exact) mass is 283 g/mol. The molecule has 5 heteroatoms. The number of halogens is 1. The Morgan fingerprint density at radius 2 is 1.95 bits per heavy atom. The first-order valence-corrected chi connectivity index (χ1v) is 6.35. The second kappa shape index (κ2) is 6.06. The third kappa shape index (κ3) is 5.30. The van der Waals surface area contributed by atoms with E-state index in [2.05, 4.69) is 5.32 Å². The quantitative estimate of drug-likeness (QED) is 0.869. The molecule has 0 fully saturated rings. The number of hydrogen-bond acceptors (Lipinski definition) is 2. The van der Waals surface area contributed by atoms with Crippen LogP contribution in [-0.4, -0.2) is 17.0 Å². The summed E-state index contributed by atoms with van der Waals surface area (Å²) in [4.78, 5) is 22.6. The fourth-order valence-electron chi connectivity index (χ4n) is 1.84. The molecule has 0 heterocycles. The molecule has 1 aromatic rings. The molecule has 19 heavy (non-hydrogen) atoms. The first-order chi connectivity index (χ1) is 8.69. The van der Waals surface area contributed by atoms with Gasteiger partial charge in [0.05, 0.1) is 17.1 Å². The molecule has 0 bridgehead atoms. The van der Waals surface area contributed by atoms with Gasteiger partial charge >= 0.3 is 5.97 Å². The summed E-state index contributed by atoms with van der Waals surface area (Å²) in [7, 11) is 0. The van der Waals surface area contributed by atoms with E-state index in [1.165, 1.54) is 0 Å². The van der Waals surface area contributed by atoms with Crippen LogP contribution in [0.5, 0.6) is 0 Å². The van der Waals surface area contributed by atoms with Crippen molar-refractivity contribution in [2.75, 3.05) is 5.32 Å². The number of carbonyl (C=O) groups is 2. The summed E-state index contributed by atoms with van der Waals surface area (Å²) >= 11 is 5.99. The molecule has 4 nitrogen and oxygen atoms in total. The summed E-state index contributed by atoms with van der Waals surface area (Å²) in [5.74, 6) is -1.15. The lowest BCUT2D eigenvalue weighted by molar-refractivity contribution is -0.139. The Labute approximate surface area is 117 Å². The normalized spacial score (nSPS) is 11.2. The maximum absolute atomic E-state index is 11.9. The summed E-state index contributed by atoms with van der Waals surface area (Å²) in [6, 6.07) is 5.35. The summed E-state index contributed by atoms with van der Waals surface area (Å²) in [5.41, 5.74) is 0.953. The SMILES string of the molecule is Cc1ccc(Cl)c(NC(=O)CC(C)(C)CC(=O)O)c1. The molecule has 0 saturated carbocycles. The van der Waals surface area contributed by atoms with Crippen molar-refractivity contribution >= 4 is 29.2 Å². The van der Waals surface area contributed by atoms with Crippen molar-refractivity contribution in [3.63, 3.8) is 0 Å². The highest BCUT2D eigenvalue weighted by Crippen LogP contribution is 2.27. The number of amides is 1. The summed E-state index contributed by atoms with van der Waals surface area (Å²) < 4.78 is 0. The van der Waals surface area contributed by atoms with Gasteiger partial charge in [0.1, 0.15) is 0 Å². The molecule has 1 aromatic carbocycles. The van der Waals surface area contributed by atoms with E-state index in [1.54, 1.807) is 26.0 Å². The van der Waals surface area contributed by atoms with Gasteiger partial charge in [0.2, 0.25) is 5.91 Å². The van der Waals surface area contributed by atoms with E-state index in [0.717, 1.165) is 5.56 Å². The maximum atomic E-state index is 11.9. The summed E-state index contributed by atoms with van der Waals surface area (Å²) in [5, 5.41) is 12.0. The number of benzene rings is 1. The molecule has 0 aliphatic heterocycles. The lowest BCUT2D eigenvalue weighted by Crippen LogP contribution is -2.24. The predicted octanol–water partition coefficient (Wildman–Crippen LogP) is 3.48. The van der Waals surface area contributed by atoms with Crippen LogP contribution >= 0.6 is 11.6 Å². The highest BCUT2D eigenvalue weighted by molar-refractivity contribution is 6.33. The Morgan fingerprint density at radius 1 is 1.32 bits per heavy atom. The number of carboxylic acid groups (broad SMARTS) is 1. The highest BCUT2D eigenvalue weighted by Gasteiger charge is 2.25. The molecular weight excluding hydrogens is 266 g/mol. The van der Waals surface area contributed by atoms with E-state index in [1.807, 2.05) is 13.0 Å². The smallest absolute Gasteiger partial charge is 0.303 e. The number of aryl methyl sites for hydroxylation is 1. The van der Waals surface area contributed by atoms with Crippen LogP contribution in [0.25, 0.3) is 0 Å². The standard InChI is InChI=1S/C14H18ClNO3/c1-9-4-5-10(15)11(6-9)16-12(17)7-14(2,3)8-13(18)19/h4-6H,7-8H2,1-3H3,(H,16,17)(H,18,19). The summed E-state index contributed by atoms with van der Waals surface area (Å²) in [6.45, 7) is 5.40. The number of rotatable bonds is 5. The third-order valence-corrected chi connectivity index (χ3v) is 2.99. The van der Waals surface area contributed by atoms with E-state index in [4.69, 9.17) is 16.7 Å². The van der Waals surface area contributed by atoms with Crippen molar-refractivity contribution in [2.24, 2.45) is 5.41 Å². The molecule has 1 amide bonds. The van der Waals surface area contributed by atoms with Crippen molar-refractivity contribution in [1.82, 2.24) is 0 Å². The average molecular weight is 284 g/mol. The minimum absolute atomic E-state index is 0.0536. The van der Waals surface area contributed by atoms with Crippen molar-refractivity contribution in [3.05, 3.63) is 28.8 Å². The van der Waals surface area contributed by atoms with Crippen LogP contribution in [0.1, 0.15) is 32.3 Å². The zero-order valence-corrected chi connectivity index (χ0v) is 12.0. The van der Waals surface area contributed by atoms with Crippen molar-refractivity contribution in [3.8, 4) is 0 Å². The van der Waals surface area contributed by atoms with Gasteiger partial charge in [-0.1, -0.05) is 31.5 Å². The molecule has 0 spiro atoms. The van der Waals surface area contributed by atoms with Crippen LogP contribution in [0, 0.1) is 12.3 Å². The maximum Gasteiger partial charge on any atom is 0.303 e. The van der Waals surface area contributed by atoms with Crippen molar-refractivity contribution in [2.45, 2.75) is 33.6 Å². The van der Waals surface area contributed by atoms with Crippen LogP contribution < -0.4 is 5.32 Å². The number of hydrogen-bond donors (Lipinski definition) is 2. The Hall–Kier alpha value is -1.55. The fraction of sp³-hybridized carbons (Fsp3) is 0.429. The minimum Gasteiger partial charge on any atom is -0.481 e. The number of aliphatic carboxylic acids is 1. The van der Waals surface area contributed by atoms with E-state index in [0.29, 0.717) is 10.7 Å². The summed E-state index contributed by atoms with van der Waals surface area (Å²) in [6.07, 6.45) is 0.0749. The van der Waals surface area contributed by atoms with Gasteiger partial charge in [-0.05, 0) is 30.0 Å². The average Bonchev–Trinajstić information content (AvgIpc) is 2.20. The molecule has 2 N–H and O–H groups in total. The molecule has 0 saturated heterocycles. The number of carbonyl (C=O) groups excluding carboxylic acids is 1. The van der Waals surface area contributed by atoms with Gasteiger partial charge in [0.15, 0.2) is 0 Å². The molecule has 0 aliphatic carbocycles. The second-order valence-corrected chi connectivity index (χ2v) is 5.85. The fourth-order valence-corrected chi connectivity index (χ4v) is 2.00.